The van der Waals surface area contributed by atoms with E-state index >= 15 is 0 Å². The van der Waals surface area contributed by atoms with E-state index in [-0.39, 0.29) is 17.7 Å². The fourth-order valence-electron chi connectivity index (χ4n) is 3.61. The number of methoxy groups -OCH3 is 1. The predicted octanol–water partition coefficient (Wildman–Crippen LogP) is 7.05. The molecule has 4 rings (SSSR count). The number of hydrogen-bond acceptors (Lipinski definition) is 8. The van der Waals surface area contributed by atoms with Crippen LogP contribution in [0.25, 0.3) is 22.5 Å². The van der Waals surface area contributed by atoms with Gasteiger partial charge < -0.3 is 10.1 Å². The lowest BCUT2D eigenvalue weighted by molar-refractivity contribution is -0.113. The number of hydrogen-bond donors (Lipinski definition) is 1. The monoisotopic (exact) mass is 560 g/mol. The number of esters is 1. The van der Waals surface area contributed by atoms with Gasteiger partial charge in [0.1, 0.15) is 10.6 Å². The van der Waals surface area contributed by atoms with Crippen LogP contribution >= 0.6 is 46.0 Å². The van der Waals surface area contributed by atoms with Crippen molar-refractivity contribution in [2.45, 2.75) is 38.4 Å². The summed E-state index contributed by atoms with van der Waals surface area (Å²) in [6, 6.07) is 9.41. The van der Waals surface area contributed by atoms with Crippen LogP contribution in [-0.2, 0) is 16.0 Å². The second-order valence-corrected chi connectivity index (χ2v) is 11.4. The van der Waals surface area contributed by atoms with Gasteiger partial charge in [0.2, 0.25) is 5.91 Å². The standard InChI is InChI=1S/C25H25ClN4O3S3/c1-5-18-10-16(11-34-18)22-28-29-25(30(22)14(2)3)36-13-20(31)27-23-21(24(32)33-4)19(12-35-23)15-6-8-17(26)9-7-15/h6-12,14H,5,13H2,1-4H3,(H,27,31). The molecule has 11 heteroatoms. The summed E-state index contributed by atoms with van der Waals surface area (Å²) in [6.45, 7) is 6.26. The molecule has 0 aliphatic heterocycles. The number of amides is 1. The molecule has 0 spiro atoms. The summed E-state index contributed by atoms with van der Waals surface area (Å²) in [5.41, 5.74) is 2.84. The summed E-state index contributed by atoms with van der Waals surface area (Å²) in [5, 5.41) is 17.3. The van der Waals surface area contributed by atoms with Crippen molar-refractivity contribution in [1.29, 1.82) is 0 Å². The Balaban J connectivity index is 1.52. The summed E-state index contributed by atoms with van der Waals surface area (Å²) in [7, 11) is 1.32. The third-order valence-corrected chi connectivity index (χ3v) is 8.53. The first-order chi connectivity index (χ1) is 17.3. The number of anilines is 1. The molecular formula is C25H25ClN4O3S3. The van der Waals surface area contributed by atoms with E-state index in [1.54, 1.807) is 23.5 Å². The number of thiophene rings is 2. The number of aryl methyl sites for hydroxylation is 1. The number of carbonyl (C=O) groups excluding carboxylic acids is 2. The van der Waals surface area contributed by atoms with Crippen LogP contribution in [0.15, 0.2) is 46.2 Å². The van der Waals surface area contributed by atoms with Gasteiger partial charge in [-0.15, -0.1) is 32.9 Å². The van der Waals surface area contributed by atoms with Crippen LogP contribution in [0, 0.1) is 0 Å². The van der Waals surface area contributed by atoms with Crippen LogP contribution < -0.4 is 5.32 Å². The van der Waals surface area contributed by atoms with Gasteiger partial charge in [0.25, 0.3) is 0 Å². The first-order valence-electron chi connectivity index (χ1n) is 11.2. The van der Waals surface area contributed by atoms with Crippen molar-refractivity contribution in [3.8, 4) is 22.5 Å². The van der Waals surface area contributed by atoms with Gasteiger partial charge in [-0.3, -0.25) is 9.36 Å². The Kier molecular flexibility index (Phi) is 8.50. The van der Waals surface area contributed by atoms with E-state index in [0.717, 1.165) is 23.4 Å². The summed E-state index contributed by atoms with van der Waals surface area (Å²) >= 11 is 10.3. The van der Waals surface area contributed by atoms with Crippen molar-refractivity contribution in [2.24, 2.45) is 0 Å². The van der Waals surface area contributed by atoms with E-state index in [1.807, 2.05) is 22.1 Å². The molecular weight excluding hydrogens is 536 g/mol. The second kappa shape index (κ2) is 11.6. The van der Waals surface area contributed by atoms with Crippen molar-refractivity contribution < 1.29 is 14.3 Å². The molecule has 0 bridgehead atoms. The van der Waals surface area contributed by atoms with E-state index in [4.69, 9.17) is 16.3 Å². The first-order valence-corrected chi connectivity index (χ1v) is 14.4. The molecule has 1 aromatic carbocycles. The minimum absolute atomic E-state index is 0.115. The maximum Gasteiger partial charge on any atom is 0.341 e. The third-order valence-electron chi connectivity index (χ3n) is 5.36. The van der Waals surface area contributed by atoms with E-state index in [9.17, 15) is 9.59 Å². The molecule has 0 unspecified atom stereocenters. The van der Waals surface area contributed by atoms with Crippen LogP contribution in [0.2, 0.25) is 5.02 Å². The van der Waals surface area contributed by atoms with Crippen LogP contribution in [0.1, 0.15) is 42.0 Å². The summed E-state index contributed by atoms with van der Waals surface area (Å²) in [4.78, 5) is 26.8. The maximum atomic E-state index is 12.9. The van der Waals surface area contributed by atoms with Gasteiger partial charge in [0, 0.05) is 37.8 Å². The molecule has 188 valence electrons. The van der Waals surface area contributed by atoms with Crippen molar-refractivity contribution in [2.75, 3.05) is 18.2 Å². The first kappa shape index (κ1) is 26.4. The smallest absolute Gasteiger partial charge is 0.341 e. The molecule has 0 fully saturated rings. The largest absolute Gasteiger partial charge is 0.465 e. The average molecular weight is 561 g/mol. The maximum absolute atomic E-state index is 12.9. The quantitative estimate of drug-likeness (QED) is 0.174. The summed E-state index contributed by atoms with van der Waals surface area (Å²) in [5.74, 6) is 0.139. The fourth-order valence-corrected chi connectivity index (χ4v) is 6.39. The molecule has 36 heavy (non-hydrogen) atoms. The van der Waals surface area contributed by atoms with Gasteiger partial charge >= 0.3 is 5.97 Å². The molecule has 0 radical (unpaired) electrons. The highest BCUT2D eigenvalue weighted by atomic mass is 35.5. The highest BCUT2D eigenvalue weighted by Crippen LogP contribution is 2.37. The summed E-state index contributed by atoms with van der Waals surface area (Å²) < 4.78 is 7.04. The molecule has 0 atom stereocenters. The average Bonchev–Trinajstić information content (AvgIpc) is 3.60. The predicted molar refractivity (Wildman–Crippen MR) is 149 cm³/mol. The number of halogens is 1. The van der Waals surface area contributed by atoms with Crippen molar-refractivity contribution in [3.63, 3.8) is 0 Å². The molecule has 0 saturated heterocycles. The van der Waals surface area contributed by atoms with Gasteiger partial charge in [0.15, 0.2) is 11.0 Å². The zero-order chi connectivity index (χ0) is 25.8. The Morgan fingerprint density at radius 1 is 1.14 bits per heavy atom. The van der Waals surface area contributed by atoms with Crippen molar-refractivity contribution in [3.05, 3.63) is 56.6 Å². The summed E-state index contributed by atoms with van der Waals surface area (Å²) in [6.07, 6.45) is 0.971. The molecule has 3 heterocycles. The number of nitrogens with one attached hydrogen (secondary N) is 1. The Labute approximate surface area is 226 Å². The topological polar surface area (TPSA) is 86.1 Å². The zero-order valence-electron chi connectivity index (χ0n) is 20.2. The van der Waals surface area contributed by atoms with Crippen LogP contribution in [0.4, 0.5) is 5.00 Å². The number of rotatable bonds is 9. The molecule has 0 aliphatic rings. The Morgan fingerprint density at radius 2 is 1.89 bits per heavy atom. The zero-order valence-corrected chi connectivity index (χ0v) is 23.4. The molecule has 1 N–H and O–H groups in total. The van der Waals surface area contributed by atoms with Gasteiger partial charge in [-0.2, -0.15) is 0 Å². The van der Waals surface area contributed by atoms with Crippen LogP contribution in [-0.4, -0.2) is 39.5 Å². The number of aromatic nitrogens is 3. The van der Waals surface area contributed by atoms with Gasteiger partial charge in [-0.1, -0.05) is 42.4 Å². The Bertz CT molecular complexity index is 1380. The van der Waals surface area contributed by atoms with Crippen molar-refractivity contribution in [1.82, 2.24) is 14.8 Å². The Morgan fingerprint density at radius 3 is 2.53 bits per heavy atom. The molecule has 3 aromatic heterocycles. The third kappa shape index (κ3) is 5.67. The van der Waals surface area contributed by atoms with Gasteiger partial charge in [0.05, 0.1) is 12.9 Å². The minimum Gasteiger partial charge on any atom is -0.465 e. The van der Waals surface area contributed by atoms with Gasteiger partial charge in [-0.05, 0) is 44.0 Å². The lowest BCUT2D eigenvalue weighted by Gasteiger charge is -2.13. The van der Waals surface area contributed by atoms with E-state index in [1.165, 1.54) is 35.1 Å². The molecule has 1 amide bonds. The van der Waals surface area contributed by atoms with Crippen LogP contribution in [0.5, 0.6) is 0 Å². The molecule has 4 aromatic rings. The van der Waals surface area contributed by atoms with E-state index in [2.05, 4.69) is 47.7 Å². The van der Waals surface area contributed by atoms with Crippen LogP contribution in [0.3, 0.4) is 0 Å². The number of carbonyl (C=O) groups is 2. The lowest BCUT2D eigenvalue weighted by Crippen LogP contribution is -2.16. The minimum atomic E-state index is -0.518. The van der Waals surface area contributed by atoms with Gasteiger partial charge in [-0.25, -0.2) is 4.79 Å². The second-order valence-electron chi connectivity index (χ2n) is 8.11. The highest BCUT2D eigenvalue weighted by molar-refractivity contribution is 7.99. The number of benzene rings is 1. The van der Waals surface area contributed by atoms with E-state index < -0.39 is 5.97 Å². The Hall–Kier alpha value is -2.66. The number of ether oxygens (including phenoxy) is 1. The molecule has 0 saturated carbocycles. The van der Waals surface area contributed by atoms with E-state index in [0.29, 0.717) is 26.3 Å². The number of nitrogens with zero attached hydrogens (tertiary/aromatic N) is 3. The number of thioether (sulfide) groups is 1. The lowest BCUT2D eigenvalue weighted by atomic mass is 10.0. The highest BCUT2D eigenvalue weighted by Gasteiger charge is 2.23. The van der Waals surface area contributed by atoms with Crippen molar-refractivity contribution >= 4 is 62.9 Å². The SMILES string of the molecule is CCc1cc(-c2nnc(SCC(=O)Nc3scc(-c4ccc(Cl)cc4)c3C(=O)OC)n2C(C)C)cs1. The molecule has 7 nitrogen and oxygen atoms in total. The molecule has 0 aliphatic carbocycles. The fraction of sp³-hybridized carbons (Fsp3) is 0.280. The normalized spacial score (nSPS) is 11.2.